The summed E-state index contributed by atoms with van der Waals surface area (Å²) in [4.78, 5) is 20.3. The zero-order valence-electron chi connectivity index (χ0n) is 11.3. The zero-order chi connectivity index (χ0) is 13.5. The van der Waals surface area contributed by atoms with Crippen LogP contribution in [0.25, 0.3) is 0 Å². The maximum absolute atomic E-state index is 5.80. The SMILES string of the molecule is CC(C)(C)C1c2ccccc2C2OOCOOC1O2. The van der Waals surface area contributed by atoms with Crippen molar-refractivity contribution in [2.75, 3.05) is 6.79 Å². The Labute approximate surface area is 112 Å². The Bertz CT molecular complexity index is 453. The highest BCUT2D eigenvalue weighted by Crippen LogP contribution is 2.47. The first kappa shape index (κ1) is 13.0. The van der Waals surface area contributed by atoms with Crippen LogP contribution in [0.3, 0.4) is 0 Å². The van der Waals surface area contributed by atoms with Crippen molar-refractivity contribution in [1.29, 1.82) is 0 Å². The van der Waals surface area contributed by atoms with E-state index in [0.717, 1.165) is 11.1 Å². The molecular formula is C14H18O5. The quantitative estimate of drug-likeness (QED) is 0.675. The molecule has 2 aliphatic heterocycles. The summed E-state index contributed by atoms with van der Waals surface area (Å²) in [5.41, 5.74) is 2.09. The Morgan fingerprint density at radius 1 is 1.00 bits per heavy atom. The molecule has 5 heteroatoms. The van der Waals surface area contributed by atoms with Gasteiger partial charge in [-0.1, -0.05) is 45.0 Å². The van der Waals surface area contributed by atoms with Gasteiger partial charge in [0.05, 0.1) is 0 Å². The fraction of sp³-hybridized carbons (Fsp3) is 0.571. The summed E-state index contributed by atoms with van der Waals surface area (Å²) in [6.45, 7) is 6.38. The van der Waals surface area contributed by atoms with Gasteiger partial charge in [0.1, 0.15) is 0 Å². The molecule has 2 heterocycles. The van der Waals surface area contributed by atoms with E-state index < -0.39 is 12.6 Å². The Morgan fingerprint density at radius 3 is 2.42 bits per heavy atom. The second-order valence-corrected chi connectivity index (χ2v) is 5.86. The van der Waals surface area contributed by atoms with E-state index in [-0.39, 0.29) is 18.1 Å². The lowest BCUT2D eigenvalue weighted by Crippen LogP contribution is -2.41. The van der Waals surface area contributed by atoms with Crippen molar-refractivity contribution >= 4 is 0 Å². The molecular weight excluding hydrogens is 248 g/mol. The third kappa shape index (κ3) is 2.40. The summed E-state index contributed by atoms with van der Waals surface area (Å²) in [6.07, 6.45) is -1.09. The first-order chi connectivity index (χ1) is 9.07. The minimum atomic E-state index is -0.580. The molecule has 2 bridgehead atoms. The highest BCUT2D eigenvalue weighted by atomic mass is 17.3. The fourth-order valence-corrected chi connectivity index (χ4v) is 2.66. The smallest absolute Gasteiger partial charge is 0.220 e. The van der Waals surface area contributed by atoms with Gasteiger partial charge in [0, 0.05) is 11.5 Å². The predicted molar refractivity (Wildman–Crippen MR) is 65.5 cm³/mol. The molecule has 1 fully saturated rings. The van der Waals surface area contributed by atoms with Gasteiger partial charge >= 0.3 is 0 Å². The Hall–Kier alpha value is -0.980. The second kappa shape index (κ2) is 4.85. The van der Waals surface area contributed by atoms with Crippen molar-refractivity contribution in [3.63, 3.8) is 0 Å². The van der Waals surface area contributed by atoms with Crippen molar-refractivity contribution in [2.24, 2.45) is 5.41 Å². The first-order valence-corrected chi connectivity index (χ1v) is 6.38. The number of fused-ring (bicyclic) bond motifs is 4. The summed E-state index contributed by atoms with van der Waals surface area (Å²) < 4.78 is 5.80. The van der Waals surface area contributed by atoms with Gasteiger partial charge in [-0.15, -0.1) is 0 Å². The standard InChI is InChI=1S/C14H18O5/c1-14(2,3)11-9-6-4-5-7-10(9)12-17-13(11)19-16-8-15-18-12/h4-7,11-13H,8H2,1-3H3. The molecule has 19 heavy (non-hydrogen) atoms. The number of hydrogen-bond donors (Lipinski definition) is 0. The molecule has 0 N–H and O–H groups in total. The molecule has 0 saturated carbocycles. The van der Waals surface area contributed by atoms with Gasteiger partial charge in [-0.25, -0.2) is 14.7 Å². The van der Waals surface area contributed by atoms with Gasteiger partial charge in [-0.2, -0.15) is 4.89 Å². The summed E-state index contributed by atoms with van der Waals surface area (Å²) in [7, 11) is 0. The summed E-state index contributed by atoms with van der Waals surface area (Å²) >= 11 is 0. The Balaban J connectivity index is 2.07. The monoisotopic (exact) mass is 266 g/mol. The maximum Gasteiger partial charge on any atom is 0.220 e. The van der Waals surface area contributed by atoms with Crippen LogP contribution in [0, 0.1) is 5.41 Å². The van der Waals surface area contributed by atoms with Gasteiger partial charge < -0.3 is 4.74 Å². The van der Waals surface area contributed by atoms with E-state index in [1.54, 1.807) is 0 Å². The third-order valence-electron chi connectivity index (χ3n) is 3.46. The van der Waals surface area contributed by atoms with Crippen molar-refractivity contribution in [3.8, 4) is 0 Å². The molecule has 2 aliphatic rings. The zero-order valence-corrected chi connectivity index (χ0v) is 11.3. The molecule has 0 aliphatic carbocycles. The van der Waals surface area contributed by atoms with E-state index in [4.69, 9.17) is 24.3 Å². The number of benzene rings is 1. The molecule has 0 amide bonds. The first-order valence-electron chi connectivity index (χ1n) is 6.38. The molecule has 0 spiro atoms. The normalized spacial score (nSPS) is 31.2. The highest BCUT2D eigenvalue weighted by molar-refractivity contribution is 5.35. The van der Waals surface area contributed by atoms with Gasteiger partial charge in [-0.3, -0.25) is 0 Å². The minimum Gasteiger partial charge on any atom is -0.313 e. The van der Waals surface area contributed by atoms with E-state index in [1.807, 2.05) is 18.2 Å². The van der Waals surface area contributed by atoms with Gasteiger partial charge in [0.25, 0.3) is 0 Å². The molecule has 0 radical (unpaired) electrons. The van der Waals surface area contributed by atoms with E-state index in [9.17, 15) is 0 Å². The molecule has 0 aromatic heterocycles. The summed E-state index contributed by atoms with van der Waals surface area (Å²) in [6, 6.07) is 8.02. The molecule has 1 aromatic rings. The van der Waals surface area contributed by atoms with Gasteiger partial charge in [-0.05, 0) is 11.0 Å². The van der Waals surface area contributed by atoms with Gasteiger partial charge in [0.15, 0.2) is 0 Å². The minimum absolute atomic E-state index is 0.0326. The van der Waals surface area contributed by atoms with Crippen LogP contribution in [-0.4, -0.2) is 13.1 Å². The average Bonchev–Trinajstić information content (AvgIpc) is 2.33. The summed E-state index contributed by atoms with van der Waals surface area (Å²) in [5.74, 6) is 0.0571. The van der Waals surface area contributed by atoms with E-state index in [2.05, 4.69) is 26.8 Å². The van der Waals surface area contributed by atoms with Crippen LogP contribution in [0.4, 0.5) is 0 Å². The van der Waals surface area contributed by atoms with Crippen LogP contribution in [-0.2, 0) is 24.3 Å². The molecule has 3 atom stereocenters. The van der Waals surface area contributed by atoms with Gasteiger partial charge in [0.2, 0.25) is 19.4 Å². The molecule has 1 saturated heterocycles. The Kier molecular flexibility index (Phi) is 3.32. The van der Waals surface area contributed by atoms with Crippen LogP contribution < -0.4 is 0 Å². The molecule has 1 aromatic carbocycles. The lowest BCUT2D eigenvalue weighted by Gasteiger charge is -2.43. The van der Waals surface area contributed by atoms with Crippen molar-refractivity contribution in [1.82, 2.24) is 0 Å². The van der Waals surface area contributed by atoms with Crippen LogP contribution in [0.5, 0.6) is 0 Å². The van der Waals surface area contributed by atoms with Crippen LogP contribution in [0.2, 0.25) is 0 Å². The van der Waals surface area contributed by atoms with Crippen LogP contribution in [0.15, 0.2) is 24.3 Å². The third-order valence-corrected chi connectivity index (χ3v) is 3.46. The predicted octanol–water partition coefficient (Wildman–Crippen LogP) is 3.04. The molecule has 3 unspecified atom stereocenters. The highest BCUT2D eigenvalue weighted by Gasteiger charge is 2.44. The average molecular weight is 266 g/mol. The molecule has 3 rings (SSSR count). The lowest BCUT2D eigenvalue weighted by atomic mass is 9.73. The van der Waals surface area contributed by atoms with Crippen molar-refractivity contribution in [2.45, 2.75) is 39.3 Å². The fourth-order valence-electron chi connectivity index (χ4n) is 2.66. The van der Waals surface area contributed by atoms with E-state index >= 15 is 0 Å². The van der Waals surface area contributed by atoms with Crippen LogP contribution >= 0.6 is 0 Å². The van der Waals surface area contributed by atoms with Crippen molar-refractivity contribution < 1.29 is 24.3 Å². The lowest BCUT2D eigenvalue weighted by molar-refractivity contribution is -0.534. The maximum atomic E-state index is 5.80. The number of rotatable bonds is 0. The van der Waals surface area contributed by atoms with E-state index in [1.165, 1.54) is 0 Å². The van der Waals surface area contributed by atoms with Crippen molar-refractivity contribution in [3.05, 3.63) is 35.4 Å². The Morgan fingerprint density at radius 2 is 1.68 bits per heavy atom. The summed E-state index contributed by atoms with van der Waals surface area (Å²) in [5, 5.41) is 0. The number of hydrogen-bond acceptors (Lipinski definition) is 5. The van der Waals surface area contributed by atoms with Crippen LogP contribution in [0.1, 0.15) is 44.1 Å². The van der Waals surface area contributed by atoms with E-state index in [0.29, 0.717) is 0 Å². The molecule has 104 valence electrons. The molecule has 5 nitrogen and oxygen atoms in total. The largest absolute Gasteiger partial charge is 0.313 e. The topological polar surface area (TPSA) is 46.2 Å². The number of ether oxygens (including phenoxy) is 1. The second-order valence-electron chi connectivity index (χ2n) is 5.86.